The van der Waals surface area contributed by atoms with E-state index in [-0.39, 0.29) is 0 Å². The van der Waals surface area contributed by atoms with E-state index in [4.69, 9.17) is 4.42 Å². The van der Waals surface area contributed by atoms with E-state index < -0.39 is 0 Å². The maximum Gasteiger partial charge on any atom is 0.143 e. The van der Waals surface area contributed by atoms with Crippen molar-refractivity contribution in [3.8, 4) is 33.4 Å². The Morgan fingerprint density at radius 3 is 1.73 bits per heavy atom. The van der Waals surface area contributed by atoms with Crippen LogP contribution in [0, 0.1) is 0 Å². The smallest absolute Gasteiger partial charge is 0.143 e. The summed E-state index contributed by atoms with van der Waals surface area (Å²) >= 11 is 1.86. The quantitative estimate of drug-likeness (QED) is 0.170. The summed E-state index contributed by atoms with van der Waals surface area (Å²) in [6, 6.07) is 72.2. The molecule has 0 unspecified atom stereocenters. The molecule has 258 valence electrons. The van der Waals surface area contributed by atoms with Crippen LogP contribution in [-0.4, -0.2) is 0 Å². The van der Waals surface area contributed by atoms with Gasteiger partial charge in [-0.1, -0.05) is 140 Å². The van der Waals surface area contributed by atoms with Crippen molar-refractivity contribution in [2.75, 3.05) is 4.90 Å². The summed E-state index contributed by atoms with van der Waals surface area (Å²) in [5, 5.41) is 7.31. The number of anilines is 3. The predicted molar refractivity (Wildman–Crippen MR) is 235 cm³/mol. The lowest BCUT2D eigenvalue weighted by Gasteiger charge is -2.27. The predicted octanol–water partition coefficient (Wildman–Crippen LogP) is 15.6. The molecular weight excluding hydrogens is 687 g/mol. The molecule has 0 aliphatic heterocycles. The normalized spacial score (nSPS) is 11.6. The van der Waals surface area contributed by atoms with Crippen LogP contribution in [0.25, 0.3) is 86.3 Å². The summed E-state index contributed by atoms with van der Waals surface area (Å²) in [5.74, 6) is 0. The highest BCUT2D eigenvalue weighted by Gasteiger charge is 2.17. The highest BCUT2D eigenvalue weighted by atomic mass is 32.1. The van der Waals surface area contributed by atoms with E-state index in [1.165, 1.54) is 42.1 Å². The summed E-state index contributed by atoms with van der Waals surface area (Å²) in [6.07, 6.45) is 0. The number of hydrogen-bond acceptors (Lipinski definition) is 3. The third-order valence-corrected chi connectivity index (χ3v) is 12.0. The van der Waals surface area contributed by atoms with Gasteiger partial charge in [-0.15, -0.1) is 11.3 Å². The summed E-state index contributed by atoms with van der Waals surface area (Å²) in [5.41, 5.74) is 12.2. The number of nitrogens with zero attached hydrogens (tertiary/aromatic N) is 1. The van der Waals surface area contributed by atoms with Crippen molar-refractivity contribution in [3.63, 3.8) is 0 Å². The van der Waals surface area contributed by atoms with Gasteiger partial charge in [0, 0.05) is 53.3 Å². The Bertz CT molecular complexity index is 3190. The van der Waals surface area contributed by atoms with Crippen LogP contribution in [0.15, 0.2) is 205 Å². The number of furan rings is 1. The van der Waals surface area contributed by atoms with Gasteiger partial charge in [-0.3, -0.25) is 0 Å². The molecule has 0 bridgehead atoms. The largest absolute Gasteiger partial charge is 0.455 e. The first-order valence-electron chi connectivity index (χ1n) is 18.7. The second-order valence-electron chi connectivity index (χ2n) is 14.1. The molecule has 0 aliphatic carbocycles. The minimum Gasteiger partial charge on any atom is -0.455 e. The molecule has 11 rings (SSSR count). The van der Waals surface area contributed by atoms with Crippen molar-refractivity contribution < 1.29 is 4.42 Å². The molecule has 11 aromatic rings. The monoisotopic (exact) mass is 719 g/mol. The molecule has 55 heavy (non-hydrogen) atoms. The standard InChI is InChI=1S/C52H33NOS/c1-2-10-37(11-3-1)43-16-9-17-45-46-32-38(24-30-49(46)54-52(43)45)34-20-26-40(27-21-34)53(48-18-8-13-36-12-4-5-14-42(36)48)41-28-22-35(23-29-41)39-25-31-51-47(33-39)44-15-6-7-19-50(44)55-51/h1-33H. The lowest BCUT2D eigenvalue weighted by molar-refractivity contribution is 0.670. The van der Waals surface area contributed by atoms with Gasteiger partial charge in [0.2, 0.25) is 0 Å². The number of hydrogen-bond donors (Lipinski definition) is 0. The summed E-state index contributed by atoms with van der Waals surface area (Å²) in [6.45, 7) is 0. The molecule has 2 heterocycles. The van der Waals surface area contributed by atoms with Gasteiger partial charge in [0.1, 0.15) is 11.2 Å². The van der Waals surface area contributed by atoms with Crippen molar-refractivity contribution >= 4 is 81.3 Å². The Hall–Kier alpha value is -6.94. The third kappa shape index (κ3) is 5.40. The van der Waals surface area contributed by atoms with Gasteiger partial charge in [0.05, 0.1) is 5.69 Å². The minimum absolute atomic E-state index is 0.896. The van der Waals surface area contributed by atoms with Gasteiger partial charge in [0.25, 0.3) is 0 Å². The van der Waals surface area contributed by atoms with Crippen LogP contribution in [-0.2, 0) is 0 Å². The molecule has 0 aliphatic rings. The average Bonchev–Trinajstić information content (AvgIpc) is 3.82. The van der Waals surface area contributed by atoms with Gasteiger partial charge in [0.15, 0.2) is 0 Å². The molecule has 0 radical (unpaired) electrons. The molecular formula is C52H33NOS. The third-order valence-electron chi connectivity index (χ3n) is 10.9. The van der Waals surface area contributed by atoms with Gasteiger partial charge < -0.3 is 9.32 Å². The maximum atomic E-state index is 6.48. The van der Waals surface area contributed by atoms with Crippen LogP contribution >= 0.6 is 11.3 Å². The SMILES string of the molecule is c1ccc(-c2cccc3c2oc2ccc(-c4ccc(N(c5ccc(-c6ccc7sc8ccccc8c7c6)cc5)c5cccc6ccccc56)cc4)cc23)cc1. The van der Waals surface area contributed by atoms with Crippen LogP contribution in [0.5, 0.6) is 0 Å². The van der Waals surface area contributed by atoms with E-state index in [0.29, 0.717) is 0 Å². The lowest BCUT2D eigenvalue weighted by Crippen LogP contribution is -2.10. The van der Waals surface area contributed by atoms with Crippen LogP contribution in [0.1, 0.15) is 0 Å². The molecule has 0 fully saturated rings. The van der Waals surface area contributed by atoms with E-state index >= 15 is 0 Å². The molecule has 0 saturated carbocycles. The van der Waals surface area contributed by atoms with Crippen molar-refractivity contribution in [2.45, 2.75) is 0 Å². The Morgan fingerprint density at radius 1 is 0.364 bits per heavy atom. The van der Waals surface area contributed by atoms with E-state index in [2.05, 4.69) is 199 Å². The number of benzene rings is 9. The van der Waals surface area contributed by atoms with Crippen LogP contribution < -0.4 is 4.90 Å². The van der Waals surface area contributed by atoms with Crippen molar-refractivity contribution in [1.29, 1.82) is 0 Å². The molecule has 2 nitrogen and oxygen atoms in total. The van der Waals surface area contributed by atoms with E-state index in [1.807, 2.05) is 17.4 Å². The molecule has 2 aromatic heterocycles. The van der Waals surface area contributed by atoms with Crippen LogP contribution in [0.3, 0.4) is 0 Å². The zero-order valence-corrected chi connectivity index (χ0v) is 30.6. The highest BCUT2D eigenvalue weighted by Crippen LogP contribution is 2.42. The van der Waals surface area contributed by atoms with Crippen molar-refractivity contribution in [2.24, 2.45) is 0 Å². The van der Waals surface area contributed by atoms with Crippen LogP contribution in [0.2, 0.25) is 0 Å². The van der Waals surface area contributed by atoms with E-state index in [1.54, 1.807) is 0 Å². The number of thiophene rings is 1. The fourth-order valence-electron chi connectivity index (χ4n) is 8.17. The molecule has 0 atom stereocenters. The highest BCUT2D eigenvalue weighted by molar-refractivity contribution is 7.25. The van der Waals surface area contributed by atoms with Gasteiger partial charge in [-0.25, -0.2) is 0 Å². The Kier molecular flexibility index (Phi) is 7.39. The van der Waals surface area contributed by atoms with Crippen molar-refractivity contribution in [1.82, 2.24) is 0 Å². The number of fused-ring (bicyclic) bond motifs is 7. The summed E-state index contributed by atoms with van der Waals surface area (Å²) in [4.78, 5) is 2.38. The van der Waals surface area contributed by atoms with Gasteiger partial charge in [-0.05, 0) is 93.9 Å². The van der Waals surface area contributed by atoms with Gasteiger partial charge >= 0.3 is 0 Å². The zero-order valence-electron chi connectivity index (χ0n) is 29.8. The fraction of sp³-hybridized carbons (Fsp3) is 0. The Balaban J connectivity index is 0.980. The average molecular weight is 720 g/mol. The summed E-state index contributed by atoms with van der Waals surface area (Å²) < 4.78 is 9.13. The van der Waals surface area contributed by atoms with E-state index in [9.17, 15) is 0 Å². The van der Waals surface area contributed by atoms with Crippen molar-refractivity contribution in [3.05, 3.63) is 200 Å². The molecule has 0 N–H and O–H groups in total. The Morgan fingerprint density at radius 2 is 0.945 bits per heavy atom. The minimum atomic E-state index is 0.896. The molecule has 0 spiro atoms. The molecule has 0 amide bonds. The fourth-order valence-corrected chi connectivity index (χ4v) is 9.25. The molecule has 9 aromatic carbocycles. The number of rotatable bonds is 6. The summed E-state index contributed by atoms with van der Waals surface area (Å²) in [7, 11) is 0. The topological polar surface area (TPSA) is 16.4 Å². The number of para-hydroxylation sites is 1. The Labute approximate surface area is 322 Å². The first-order chi connectivity index (χ1) is 27.2. The maximum absolute atomic E-state index is 6.48. The van der Waals surface area contributed by atoms with Gasteiger partial charge in [-0.2, -0.15) is 0 Å². The first-order valence-corrected chi connectivity index (χ1v) is 19.5. The van der Waals surface area contributed by atoms with E-state index in [0.717, 1.165) is 61.3 Å². The molecule has 0 saturated heterocycles. The zero-order chi connectivity index (χ0) is 36.3. The van der Waals surface area contributed by atoms with Crippen LogP contribution in [0.4, 0.5) is 17.1 Å². The second kappa shape index (κ2) is 12.9. The second-order valence-corrected chi connectivity index (χ2v) is 15.2. The molecule has 3 heteroatoms. The first kappa shape index (κ1) is 31.6. The lowest BCUT2D eigenvalue weighted by atomic mass is 9.99.